The average Bonchev–Trinajstić information content (AvgIpc) is 2.35. The molecule has 0 aromatic heterocycles. The molecule has 17 heavy (non-hydrogen) atoms. The molecule has 1 aromatic rings. The highest BCUT2D eigenvalue weighted by Gasteiger charge is 2.28. The van der Waals surface area contributed by atoms with Crippen LogP contribution in [0.5, 0.6) is 0 Å². The molecule has 92 valence electrons. The predicted molar refractivity (Wildman–Crippen MR) is 63.3 cm³/mol. The van der Waals surface area contributed by atoms with E-state index >= 15 is 0 Å². The molecule has 1 N–H and O–H groups in total. The first-order valence-corrected chi connectivity index (χ1v) is 5.83. The van der Waals surface area contributed by atoms with Crippen LogP contribution < -0.4 is 0 Å². The van der Waals surface area contributed by atoms with Crippen LogP contribution in [0.1, 0.15) is 12.0 Å². The van der Waals surface area contributed by atoms with E-state index in [4.69, 9.17) is 9.84 Å². The van der Waals surface area contributed by atoms with E-state index in [1.807, 2.05) is 30.3 Å². The molecule has 1 fully saturated rings. The lowest BCUT2D eigenvalue weighted by atomic mass is 10.1. The number of aliphatic hydroxyl groups is 1. The van der Waals surface area contributed by atoms with Crippen molar-refractivity contribution in [3.63, 3.8) is 0 Å². The SMILES string of the molecule is O=C1COCC(CCO)N1Cc1ccccc1. The number of ether oxygens (including phenoxy) is 1. The van der Waals surface area contributed by atoms with Gasteiger partial charge in [0.05, 0.1) is 12.6 Å². The van der Waals surface area contributed by atoms with Crippen molar-refractivity contribution in [3.05, 3.63) is 35.9 Å². The number of benzene rings is 1. The lowest BCUT2D eigenvalue weighted by Crippen LogP contribution is -2.49. The molecule has 0 radical (unpaired) electrons. The highest BCUT2D eigenvalue weighted by atomic mass is 16.5. The van der Waals surface area contributed by atoms with E-state index in [-0.39, 0.29) is 25.2 Å². The van der Waals surface area contributed by atoms with Crippen molar-refractivity contribution in [1.29, 1.82) is 0 Å². The smallest absolute Gasteiger partial charge is 0.249 e. The van der Waals surface area contributed by atoms with Gasteiger partial charge in [-0.25, -0.2) is 0 Å². The lowest BCUT2D eigenvalue weighted by Gasteiger charge is -2.35. The van der Waals surface area contributed by atoms with Gasteiger partial charge < -0.3 is 14.7 Å². The summed E-state index contributed by atoms with van der Waals surface area (Å²) in [6.07, 6.45) is 0.568. The molecule has 1 unspecified atom stereocenters. The Kier molecular flexibility index (Phi) is 4.12. The first kappa shape index (κ1) is 12.1. The maximum absolute atomic E-state index is 11.8. The van der Waals surface area contributed by atoms with Gasteiger partial charge >= 0.3 is 0 Å². The minimum atomic E-state index is -0.0125. The number of hydrogen-bond donors (Lipinski definition) is 1. The van der Waals surface area contributed by atoms with E-state index in [9.17, 15) is 4.79 Å². The summed E-state index contributed by atoms with van der Waals surface area (Å²) in [6.45, 7) is 1.33. The lowest BCUT2D eigenvalue weighted by molar-refractivity contribution is -0.149. The van der Waals surface area contributed by atoms with E-state index in [2.05, 4.69) is 0 Å². The zero-order chi connectivity index (χ0) is 12.1. The second-order valence-corrected chi connectivity index (χ2v) is 4.19. The summed E-state index contributed by atoms with van der Waals surface area (Å²) in [4.78, 5) is 13.6. The van der Waals surface area contributed by atoms with Crippen LogP contribution in [0.2, 0.25) is 0 Å². The van der Waals surface area contributed by atoms with E-state index in [1.165, 1.54) is 0 Å². The summed E-state index contributed by atoms with van der Waals surface area (Å²) in [6, 6.07) is 9.86. The van der Waals surface area contributed by atoms with Crippen molar-refractivity contribution in [2.24, 2.45) is 0 Å². The molecule has 0 aliphatic carbocycles. The third kappa shape index (κ3) is 3.05. The monoisotopic (exact) mass is 235 g/mol. The number of rotatable bonds is 4. The van der Waals surface area contributed by atoms with Gasteiger partial charge in [-0.1, -0.05) is 30.3 Å². The van der Waals surface area contributed by atoms with E-state index in [1.54, 1.807) is 4.90 Å². The van der Waals surface area contributed by atoms with Crippen LogP contribution >= 0.6 is 0 Å². The molecule has 1 amide bonds. The van der Waals surface area contributed by atoms with E-state index in [0.717, 1.165) is 5.56 Å². The van der Waals surface area contributed by atoms with Gasteiger partial charge in [-0.15, -0.1) is 0 Å². The second-order valence-electron chi connectivity index (χ2n) is 4.19. The molecular weight excluding hydrogens is 218 g/mol. The van der Waals surface area contributed by atoms with Gasteiger partial charge in [0.2, 0.25) is 5.91 Å². The molecule has 4 heteroatoms. The number of amides is 1. The zero-order valence-electron chi connectivity index (χ0n) is 9.71. The summed E-state index contributed by atoms with van der Waals surface area (Å²) in [5, 5.41) is 9.00. The average molecular weight is 235 g/mol. The van der Waals surface area contributed by atoms with Crippen molar-refractivity contribution in [2.45, 2.75) is 19.0 Å². The Morgan fingerprint density at radius 3 is 2.82 bits per heavy atom. The fraction of sp³-hybridized carbons (Fsp3) is 0.462. The van der Waals surface area contributed by atoms with Gasteiger partial charge in [0.1, 0.15) is 6.61 Å². The minimum absolute atomic E-state index is 0.00134. The fourth-order valence-corrected chi connectivity index (χ4v) is 2.04. The highest BCUT2D eigenvalue weighted by Crippen LogP contribution is 2.15. The Bertz CT molecular complexity index is 364. The van der Waals surface area contributed by atoms with E-state index < -0.39 is 0 Å². The van der Waals surface area contributed by atoms with Crippen molar-refractivity contribution < 1.29 is 14.6 Å². The van der Waals surface area contributed by atoms with Crippen LogP contribution in [-0.4, -0.2) is 41.8 Å². The van der Waals surface area contributed by atoms with Gasteiger partial charge in [0.15, 0.2) is 0 Å². The predicted octanol–water partition coefficient (Wildman–Crippen LogP) is 0.796. The fourth-order valence-electron chi connectivity index (χ4n) is 2.04. The number of nitrogens with zero attached hydrogens (tertiary/aromatic N) is 1. The maximum atomic E-state index is 11.8. The van der Waals surface area contributed by atoms with Crippen molar-refractivity contribution in [2.75, 3.05) is 19.8 Å². The zero-order valence-corrected chi connectivity index (χ0v) is 9.71. The molecule has 1 atom stereocenters. The Morgan fingerprint density at radius 1 is 1.35 bits per heavy atom. The molecule has 1 aliphatic heterocycles. The topological polar surface area (TPSA) is 49.8 Å². The summed E-state index contributed by atoms with van der Waals surface area (Å²) < 4.78 is 5.21. The quantitative estimate of drug-likeness (QED) is 0.839. The highest BCUT2D eigenvalue weighted by molar-refractivity contribution is 5.78. The van der Waals surface area contributed by atoms with Crippen molar-refractivity contribution in [1.82, 2.24) is 4.90 Å². The first-order valence-electron chi connectivity index (χ1n) is 5.83. The number of morpholine rings is 1. The largest absolute Gasteiger partial charge is 0.396 e. The van der Waals surface area contributed by atoms with Crippen LogP contribution in [0.15, 0.2) is 30.3 Å². The molecule has 1 aliphatic rings. The minimum Gasteiger partial charge on any atom is -0.396 e. The van der Waals surface area contributed by atoms with Crippen molar-refractivity contribution >= 4 is 5.91 Å². The number of carbonyl (C=O) groups excluding carboxylic acids is 1. The van der Waals surface area contributed by atoms with Crippen LogP contribution in [0, 0.1) is 0 Å². The Hall–Kier alpha value is -1.39. The molecule has 4 nitrogen and oxygen atoms in total. The van der Waals surface area contributed by atoms with Gasteiger partial charge in [-0.2, -0.15) is 0 Å². The summed E-state index contributed by atoms with van der Waals surface area (Å²) in [5.41, 5.74) is 1.10. The third-order valence-electron chi connectivity index (χ3n) is 2.95. The maximum Gasteiger partial charge on any atom is 0.249 e. The van der Waals surface area contributed by atoms with E-state index in [0.29, 0.717) is 19.6 Å². The molecule has 0 saturated carbocycles. The molecule has 1 saturated heterocycles. The molecule has 0 spiro atoms. The Morgan fingerprint density at radius 2 is 2.12 bits per heavy atom. The van der Waals surface area contributed by atoms with Crippen LogP contribution in [0.4, 0.5) is 0 Å². The van der Waals surface area contributed by atoms with Crippen LogP contribution in [0.3, 0.4) is 0 Å². The Balaban J connectivity index is 2.07. The normalized spacial score (nSPS) is 20.6. The van der Waals surface area contributed by atoms with Gasteiger partial charge in [0, 0.05) is 13.2 Å². The molecular formula is C13H17NO3. The van der Waals surface area contributed by atoms with Crippen molar-refractivity contribution in [3.8, 4) is 0 Å². The van der Waals surface area contributed by atoms with Gasteiger partial charge in [-0.3, -0.25) is 4.79 Å². The summed E-state index contributed by atoms with van der Waals surface area (Å²) >= 11 is 0. The number of aliphatic hydroxyl groups excluding tert-OH is 1. The Labute approximate surface area is 101 Å². The molecule has 1 aromatic carbocycles. The number of carbonyl (C=O) groups is 1. The number of hydrogen-bond acceptors (Lipinski definition) is 3. The van der Waals surface area contributed by atoms with Gasteiger partial charge in [0.25, 0.3) is 0 Å². The molecule has 0 bridgehead atoms. The molecule has 2 rings (SSSR count). The summed E-state index contributed by atoms with van der Waals surface area (Å²) in [5.74, 6) is -0.00134. The first-order chi connectivity index (χ1) is 8.31. The van der Waals surface area contributed by atoms with Gasteiger partial charge in [-0.05, 0) is 12.0 Å². The standard InChI is InChI=1S/C13H17NO3/c15-7-6-12-9-17-10-13(16)14(12)8-11-4-2-1-3-5-11/h1-5,12,15H,6-10H2. The molecule has 1 heterocycles. The second kappa shape index (κ2) is 5.80. The summed E-state index contributed by atoms with van der Waals surface area (Å²) in [7, 11) is 0. The van der Waals surface area contributed by atoms with Crippen LogP contribution in [0.25, 0.3) is 0 Å². The third-order valence-corrected chi connectivity index (χ3v) is 2.95. The van der Waals surface area contributed by atoms with Crippen LogP contribution in [-0.2, 0) is 16.1 Å².